The van der Waals surface area contributed by atoms with Gasteiger partial charge < -0.3 is 10.1 Å². The van der Waals surface area contributed by atoms with E-state index in [1.807, 2.05) is 0 Å². The van der Waals surface area contributed by atoms with Crippen LogP contribution in [-0.2, 0) is 16.1 Å². The third-order valence-electron chi connectivity index (χ3n) is 5.09. The smallest absolute Gasteiger partial charge is 0.220 e. The lowest BCUT2D eigenvalue weighted by Crippen LogP contribution is -2.39. The van der Waals surface area contributed by atoms with Gasteiger partial charge in [0.25, 0.3) is 0 Å². The fraction of sp³-hybridized carbons (Fsp3) is 0.632. The number of likely N-dealkylation sites (tertiary alicyclic amines) is 1. The Morgan fingerprint density at radius 2 is 2.13 bits per heavy atom. The third kappa shape index (κ3) is 4.79. The van der Waals surface area contributed by atoms with Gasteiger partial charge >= 0.3 is 0 Å². The van der Waals surface area contributed by atoms with E-state index in [-0.39, 0.29) is 11.9 Å². The highest BCUT2D eigenvalue weighted by atomic mass is 16.5. The van der Waals surface area contributed by atoms with E-state index in [9.17, 15) is 4.79 Å². The van der Waals surface area contributed by atoms with Crippen LogP contribution in [0.2, 0.25) is 0 Å². The Balaban J connectivity index is 1.42. The molecule has 2 fully saturated rings. The van der Waals surface area contributed by atoms with Crippen molar-refractivity contribution >= 4 is 5.91 Å². The first-order valence-electron chi connectivity index (χ1n) is 8.84. The molecule has 0 unspecified atom stereocenters. The number of carbonyl (C=O) groups is 1. The molecule has 23 heavy (non-hydrogen) atoms. The Kier molecular flexibility index (Phi) is 5.68. The Hall–Kier alpha value is -1.39. The molecule has 2 aliphatic rings. The average Bonchev–Trinajstić information content (AvgIpc) is 3.17. The minimum Gasteiger partial charge on any atom is -0.381 e. The van der Waals surface area contributed by atoms with Gasteiger partial charge in [0.1, 0.15) is 0 Å². The van der Waals surface area contributed by atoms with Gasteiger partial charge in [-0.1, -0.05) is 37.3 Å². The zero-order valence-electron chi connectivity index (χ0n) is 14.0. The van der Waals surface area contributed by atoms with Gasteiger partial charge in [-0.15, -0.1) is 0 Å². The molecular formula is C19H28N2O2. The van der Waals surface area contributed by atoms with Crippen molar-refractivity contribution < 1.29 is 9.53 Å². The van der Waals surface area contributed by atoms with Gasteiger partial charge in [0, 0.05) is 45.3 Å². The molecule has 4 heteroatoms. The predicted octanol–water partition coefficient (Wildman–Crippen LogP) is 2.44. The van der Waals surface area contributed by atoms with E-state index in [1.54, 1.807) is 0 Å². The molecular weight excluding hydrogens is 288 g/mol. The van der Waals surface area contributed by atoms with Crippen molar-refractivity contribution in [2.75, 3.05) is 26.3 Å². The summed E-state index contributed by atoms with van der Waals surface area (Å²) >= 11 is 0. The lowest BCUT2D eigenvalue weighted by atomic mass is 10.0. The van der Waals surface area contributed by atoms with Crippen molar-refractivity contribution in [3.63, 3.8) is 0 Å². The van der Waals surface area contributed by atoms with Gasteiger partial charge in [-0.3, -0.25) is 9.69 Å². The van der Waals surface area contributed by atoms with Crippen LogP contribution in [0, 0.1) is 11.8 Å². The quantitative estimate of drug-likeness (QED) is 0.876. The normalized spacial score (nSPS) is 28.1. The van der Waals surface area contributed by atoms with Crippen LogP contribution in [-0.4, -0.2) is 43.2 Å². The van der Waals surface area contributed by atoms with Crippen LogP contribution < -0.4 is 5.32 Å². The molecule has 0 aromatic heterocycles. The van der Waals surface area contributed by atoms with Crippen molar-refractivity contribution in [2.24, 2.45) is 11.8 Å². The van der Waals surface area contributed by atoms with Crippen LogP contribution in [0.25, 0.3) is 0 Å². The molecule has 2 saturated heterocycles. The second-order valence-corrected chi connectivity index (χ2v) is 7.10. The Morgan fingerprint density at radius 1 is 1.30 bits per heavy atom. The first-order valence-corrected chi connectivity index (χ1v) is 8.84. The van der Waals surface area contributed by atoms with E-state index in [0.717, 1.165) is 45.7 Å². The monoisotopic (exact) mass is 316 g/mol. The molecule has 1 amide bonds. The van der Waals surface area contributed by atoms with E-state index < -0.39 is 0 Å². The van der Waals surface area contributed by atoms with Gasteiger partial charge in [-0.25, -0.2) is 0 Å². The van der Waals surface area contributed by atoms with E-state index in [0.29, 0.717) is 18.3 Å². The van der Waals surface area contributed by atoms with Crippen LogP contribution in [0.4, 0.5) is 0 Å². The highest BCUT2D eigenvalue weighted by molar-refractivity contribution is 5.76. The highest BCUT2D eigenvalue weighted by Crippen LogP contribution is 2.20. The fourth-order valence-electron chi connectivity index (χ4n) is 3.65. The summed E-state index contributed by atoms with van der Waals surface area (Å²) in [5.74, 6) is 1.30. The van der Waals surface area contributed by atoms with Crippen molar-refractivity contribution in [2.45, 2.75) is 38.8 Å². The summed E-state index contributed by atoms with van der Waals surface area (Å²) in [4.78, 5) is 14.6. The number of rotatable bonds is 6. The van der Waals surface area contributed by atoms with Crippen LogP contribution in [0.1, 0.15) is 31.7 Å². The number of nitrogens with one attached hydrogen (secondary N) is 1. The maximum atomic E-state index is 12.2. The molecule has 0 bridgehead atoms. The molecule has 1 aromatic rings. The molecule has 0 aliphatic carbocycles. The number of nitrogens with zero attached hydrogens (tertiary/aromatic N) is 1. The maximum Gasteiger partial charge on any atom is 0.220 e. The van der Waals surface area contributed by atoms with E-state index in [4.69, 9.17) is 4.74 Å². The average molecular weight is 316 g/mol. The predicted molar refractivity (Wildman–Crippen MR) is 91.0 cm³/mol. The van der Waals surface area contributed by atoms with Crippen molar-refractivity contribution in [3.05, 3.63) is 35.9 Å². The summed E-state index contributed by atoms with van der Waals surface area (Å²) in [7, 11) is 0. The molecule has 3 atom stereocenters. The summed E-state index contributed by atoms with van der Waals surface area (Å²) in [5, 5.41) is 3.25. The van der Waals surface area contributed by atoms with Crippen molar-refractivity contribution in [3.8, 4) is 0 Å². The SMILES string of the molecule is C[C@@H]1CN(Cc2ccccc2)C[C@@H]1NC(=O)CC[C@@H]1CCOC1. The first kappa shape index (κ1) is 16.5. The lowest BCUT2D eigenvalue weighted by Gasteiger charge is -2.18. The maximum absolute atomic E-state index is 12.2. The Bertz CT molecular complexity index is 499. The molecule has 1 aromatic carbocycles. The second-order valence-electron chi connectivity index (χ2n) is 7.10. The van der Waals surface area contributed by atoms with Gasteiger partial charge in [-0.05, 0) is 30.2 Å². The number of hydrogen-bond donors (Lipinski definition) is 1. The minimum atomic E-state index is 0.204. The van der Waals surface area contributed by atoms with E-state index in [1.165, 1.54) is 5.56 Å². The molecule has 126 valence electrons. The van der Waals surface area contributed by atoms with Crippen LogP contribution in [0.3, 0.4) is 0 Å². The Morgan fingerprint density at radius 3 is 2.87 bits per heavy atom. The van der Waals surface area contributed by atoms with Gasteiger partial charge in [0.05, 0.1) is 0 Å². The lowest BCUT2D eigenvalue weighted by molar-refractivity contribution is -0.122. The number of amides is 1. The molecule has 1 N–H and O–H groups in total. The van der Waals surface area contributed by atoms with Crippen molar-refractivity contribution in [1.29, 1.82) is 0 Å². The molecule has 0 spiro atoms. The molecule has 2 aliphatic heterocycles. The first-order chi connectivity index (χ1) is 11.2. The zero-order chi connectivity index (χ0) is 16.1. The summed E-state index contributed by atoms with van der Waals surface area (Å²) in [6.07, 6.45) is 2.70. The number of benzene rings is 1. The van der Waals surface area contributed by atoms with E-state index in [2.05, 4.69) is 47.5 Å². The van der Waals surface area contributed by atoms with E-state index >= 15 is 0 Å². The van der Waals surface area contributed by atoms with Crippen molar-refractivity contribution in [1.82, 2.24) is 10.2 Å². The number of ether oxygens (including phenoxy) is 1. The largest absolute Gasteiger partial charge is 0.381 e. The summed E-state index contributed by atoms with van der Waals surface area (Å²) in [6.45, 7) is 6.90. The number of carbonyl (C=O) groups excluding carboxylic acids is 1. The third-order valence-corrected chi connectivity index (χ3v) is 5.09. The molecule has 3 rings (SSSR count). The topological polar surface area (TPSA) is 41.6 Å². The molecule has 0 radical (unpaired) electrons. The molecule has 2 heterocycles. The number of hydrogen-bond acceptors (Lipinski definition) is 3. The van der Waals surface area contributed by atoms with Gasteiger partial charge in [0.15, 0.2) is 0 Å². The fourth-order valence-corrected chi connectivity index (χ4v) is 3.65. The Labute approximate surface area is 139 Å². The van der Waals surface area contributed by atoms with Crippen LogP contribution >= 0.6 is 0 Å². The van der Waals surface area contributed by atoms with Gasteiger partial charge in [0.2, 0.25) is 5.91 Å². The molecule has 4 nitrogen and oxygen atoms in total. The van der Waals surface area contributed by atoms with Gasteiger partial charge in [-0.2, -0.15) is 0 Å². The zero-order valence-corrected chi connectivity index (χ0v) is 14.0. The minimum absolute atomic E-state index is 0.204. The highest BCUT2D eigenvalue weighted by Gasteiger charge is 2.30. The second kappa shape index (κ2) is 7.93. The summed E-state index contributed by atoms with van der Waals surface area (Å²) < 4.78 is 5.37. The van der Waals surface area contributed by atoms with Crippen LogP contribution in [0.15, 0.2) is 30.3 Å². The molecule has 0 saturated carbocycles. The standard InChI is InChI=1S/C19H28N2O2/c1-15-11-21(12-16-5-3-2-4-6-16)13-18(15)20-19(22)8-7-17-9-10-23-14-17/h2-6,15,17-18H,7-14H2,1H3,(H,20,22)/t15-,17-,18+/m1/s1. The van der Waals surface area contributed by atoms with Crippen LogP contribution in [0.5, 0.6) is 0 Å². The summed E-state index contributed by atoms with van der Waals surface area (Å²) in [6, 6.07) is 10.8. The summed E-state index contributed by atoms with van der Waals surface area (Å²) in [5.41, 5.74) is 1.34.